The second-order valence-corrected chi connectivity index (χ2v) is 6.75. The number of carboxylic acids is 1. The highest BCUT2D eigenvalue weighted by molar-refractivity contribution is 6.30. The van der Waals surface area contributed by atoms with Gasteiger partial charge in [-0.15, -0.1) is 0 Å². The number of aliphatic carboxylic acids is 1. The van der Waals surface area contributed by atoms with Crippen LogP contribution in [0.25, 0.3) is 11.4 Å². The standard InChI is InChI=1S/C21H24ClN3O2/c1-6-18-15(4)23-19(16-9-11-17(22)12-10-16)24-20(18)25(5)14(3)8-7-13(2)21(26)27/h7-12H,6H2,1-5H3,(H,26,27)/b13-7+,14-8+. The van der Waals surface area contributed by atoms with Crippen molar-refractivity contribution in [3.05, 3.63) is 64.0 Å². The van der Waals surface area contributed by atoms with E-state index in [1.165, 1.54) is 0 Å². The van der Waals surface area contributed by atoms with Crippen molar-refractivity contribution in [3.8, 4) is 11.4 Å². The Balaban J connectivity index is 2.50. The molecule has 0 aliphatic heterocycles. The number of anilines is 1. The predicted molar refractivity (Wildman–Crippen MR) is 110 cm³/mol. The summed E-state index contributed by atoms with van der Waals surface area (Å²) in [6.07, 6.45) is 4.17. The summed E-state index contributed by atoms with van der Waals surface area (Å²) < 4.78 is 0. The molecule has 0 aliphatic carbocycles. The van der Waals surface area contributed by atoms with E-state index in [0.29, 0.717) is 10.8 Å². The Morgan fingerprint density at radius 3 is 2.37 bits per heavy atom. The van der Waals surface area contributed by atoms with Gasteiger partial charge in [-0.05, 0) is 57.5 Å². The summed E-state index contributed by atoms with van der Waals surface area (Å²) in [7, 11) is 1.92. The van der Waals surface area contributed by atoms with Crippen molar-refractivity contribution in [2.45, 2.75) is 34.1 Å². The minimum atomic E-state index is -0.932. The second kappa shape index (κ2) is 8.82. The number of halogens is 1. The molecule has 0 amide bonds. The molecule has 142 valence electrons. The molecule has 1 N–H and O–H groups in total. The molecule has 0 bridgehead atoms. The molecule has 0 unspecified atom stereocenters. The van der Waals surface area contributed by atoms with Gasteiger partial charge in [0.15, 0.2) is 5.82 Å². The van der Waals surface area contributed by atoms with E-state index in [0.717, 1.165) is 34.8 Å². The predicted octanol–water partition coefficient (Wildman–Crippen LogP) is 5.04. The van der Waals surface area contributed by atoms with Crippen LogP contribution in [0.5, 0.6) is 0 Å². The Bertz CT molecular complexity index is 902. The fraction of sp³-hybridized carbons (Fsp3) is 0.286. The van der Waals surface area contributed by atoms with Gasteiger partial charge in [0.05, 0.1) is 0 Å². The maximum absolute atomic E-state index is 11.0. The monoisotopic (exact) mass is 385 g/mol. The summed E-state index contributed by atoms with van der Waals surface area (Å²) >= 11 is 5.98. The highest BCUT2D eigenvalue weighted by Gasteiger charge is 2.16. The van der Waals surface area contributed by atoms with Crippen LogP contribution in [0.1, 0.15) is 32.0 Å². The molecule has 0 saturated carbocycles. The molecule has 6 heteroatoms. The van der Waals surface area contributed by atoms with E-state index in [9.17, 15) is 4.79 Å². The van der Waals surface area contributed by atoms with Crippen molar-refractivity contribution < 1.29 is 9.90 Å². The zero-order chi connectivity index (χ0) is 20.1. The van der Waals surface area contributed by atoms with Crippen LogP contribution in [0.2, 0.25) is 5.02 Å². The molecule has 0 radical (unpaired) electrons. The zero-order valence-corrected chi connectivity index (χ0v) is 17.0. The lowest BCUT2D eigenvalue weighted by atomic mass is 10.1. The van der Waals surface area contributed by atoms with Crippen molar-refractivity contribution in [1.82, 2.24) is 9.97 Å². The van der Waals surface area contributed by atoms with Crippen molar-refractivity contribution >= 4 is 23.4 Å². The van der Waals surface area contributed by atoms with Crippen LogP contribution in [0, 0.1) is 6.92 Å². The number of hydrogen-bond acceptors (Lipinski definition) is 4. The number of aryl methyl sites for hydroxylation is 1. The lowest BCUT2D eigenvalue weighted by Gasteiger charge is -2.23. The molecule has 1 aromatic heterocycles. The first-order valence-corrected chi connectivity index (χ1v) is 9.08. The van der Waals surface area contributed by atoms with E-state index in [-0.39, 0.29) is 5.57 Å². The molecule has 27 heavy (non-hydrogen) atoms. The summed E-state index contributed by atoms with van der Waals surface area (Å²) in [5, 5.41) is 9.67. The van der Waals surface area contributed by atoms with E-state index in [1.807, 2.05) is 50.1 Å². The molecule has 1 heterocycles. The summed E-state index contributed by atoms with van der Waals surface area (Å²) in [4.78, 5) is 22.4. The van der Waals surface area contributed by atoms with Crippen LogP contribution >= 0.6 is 11.6 Å². The molecule has 1 aromatic carbocycles. The molecule has 5 nitrogen and oxygen atoms in total. The number of aromatic nitrogens is 2. The van der Waals surface area contributed by atoms with Crippen LogP contribution in [0.3, 0.4) is 0 Å². The van der Waals surface area contributed by atoms with Gasteiger partial charge >= 0.3 is 5.97 Å². The minimum absolute atomic E-state index is 0.277. The molecule has 0 fully saturated rings. The molecule has 0 saturated heterocycles. The third-order valence-electron chi connectivity index (χ3n) is 4.41. The Morgan fingerprint density at radius 1 is 1.19 bits per heavy atom. The van der Waals surface area contributed by atoms with E-state index < -0.39 is 5.97 Å². The van der Waals surface area contributed by atoms with Gasteiger partial charge in [-0.1, -0.05) is 24.6 Å². The normalized spacial score (nSPS) is 12.2. The Labute approximate surface area is 165 Å². The zero-order valence-electron chi connectivity index (χ0n) is 16.2. The number of hydrogen-bond donors (Lipinski definition) is 1. The average Bonchev–Trinajstić information content (AvgIpc) is 2.64. The van der Waals surface area contributed by atoms with Gasteiger partial charge in [-0.25, -0.2) is 14.8 Å². The number of nitrogens with zero attached hydrogens (tertiary/aromatic N) is 3. The van der Waals surface area contributed by atoms with Gasteiger partial charge in [-0.2, -0.15) is 0 Å². The molecule has 0 aliphatic rings. The molecule has 2 aromatic rings. The fourth-order valence-electron chi connectivity index (χ4n) is 2.60. The average molecular weight is 386 g/mol. The SMILES string of the molecule is CCc1c(C)nc(-c2ccc(Cl)cc2)nc1N(C)/C(C)=C/C=C(\C)C(=O)O. The molecular weight excluding hydrogens is 362 g/mol. The van der Waals surface area contributed by atoms with Gasteiger partial charge in [0.1, 0.15) is 5.82 Å². The highest BCUT2D eigenvalue weighted by Crippen LogP contribution is 2.27. The summed E-state index contributed by atoms with van der Waals surface area (Å²) in [5.74, 6) is 0.511. The van der Waals surface area contributed by atoms with Crippen LogP contribution in [-0.2, 0) is 11.2 Å². The van der Waals surface area contributed by atoms with Crippen molar-refractivity contribution in [2.75, 3.05) is 11.9 Å². The highest BCUT2D eigenvalue weighted by atomic mass is 35.5. The van der Waals surface area contributed by atoms with E-state index >= 15 is 0 Å². The van der Waals surface area contributed by atoms with Gasteiger partial charge in [-0.3, -0.25) is 0 Å². The first kappa shape index (κ1) is 20.6. The third-order valence-corrected chi connectivity index (χ3v) is 4.66. The quantitative estimate of drug-likeness (QED) is 0.557. The van der Waals surface area contributed by atoms with Crippen LogP contribution in [-0.4, -0.2) is 28.1 Å². The van der Waals surface area contributed by atoms with Gasteiger partial charge in [0, 0.05) is 40.2 Å². The molecule has 0 spiro atoms. The van der Waals surface area contributed by atoms with Crippen LogP contribution in [0.15, 0.2) is 47.7 Å². The second-order valence-electron chi connectivity index (χ2n) is 6.32. The lowest BCUT2D eigenvalue weighted by molar-refractivity contribution is -0.132. The molecule has 0 atom stereocenters. The number of carboxylic acid groups (broad SMARTS) is 1. The summed E-state index contributed by atoms with van der Waals surface area (Å²) in [6.45, 7) is 7.53. The van der Waals surface area contributed by atoms with Crippen LogP contribution in [0.4, 0.5) is 5.82 Å². The Morgan fingerprint density at radius 2 is 1.81 bits per heavy atom. The number of rotatable bonds is 6. The van der Waals surface area contributed by atoms with E-state index in [2.05, 4.69) is 11.9 Å². The number of allylic oxidation sites excluding steroid dienone is 3. The largest absolute Gasteiger partial charge is 0.478 e. The molecule has 2 rings (SSSR count). The lowest BCUT2D eigenvalue weighted by Crippen LogP contribution is -2.19. The fourth-order valence-corrected chi connectivity index (χ4v) is 2.72. The number of carbonyl (C=O) groups is 1. The maximum Gasteiger partial charge on any atom is 0.331 e. The summed E-state index contributed by atoms with van der Waals surface area (Å²) in [6, 6.07) is 7.43. The minimum Gasteiger partial charge on any atom is -0.478 e. The van der Waals surface area contributed by atoms with E-state index in [1.54, 1.807) is 19.1 Å². The third kappa shape index (κ3) is 4.95. The first-order chi connectivity index (χ1) is 12.7. The van der Waals surface area contributed by atoms with Gasteiger partial charge < -0.3 is 10.0 Å². The topological polar surface area (TPSA) is 66.3 Å². The Hall–Kier alpha value is -2.66. The van der Waals surface area contributed by atoms with Gasteiger partial charge in [0.25, 0.3) is 0 Å². The van der Waals surface area contributed by atoms with Gasteiger partial charge in [0.2, 0.25) is 0 Å². The van der Waals surface area contributed by atoms with Crippen molar-refractivity contribution in [2.24, 2.45) is 0 Å². The Kier molecular flexibility index (Phi) is 6.75. The number of benzene rings is 1. The first-order valence-electron chi connectivity index (χ1n) is 8.70. The summed E-state index contributed by atoms with van der Waals surface area (Å²) in [5.41, 5.74) is 4.03. The van der Waals surface area contributed by atoms with Crippen molar-refractivity contribution in [1.29, 1.82) is 0 Å². The smallest absolute Gasteiger partial charge is 0.331 e. The maximum atomic E-state index is 11.0. The van der Waals surface area contributed by atoms with Crippen LogP contribution < -0.4 is 4.90 Å². The van der Waals surface area contributed by atoms with Crippen molar-refractivity contribution in [3.63, 3.8) is 0 Å². The molecular formula is C21H24ClN3O2. The van der Waals surface area contributed by atoms with E-state index in [4.69, 9.17) is 21.7 Å².